The minimum Gasteiger partial charge on any atom is -0.459 e. The molecule has 0 unspecified atom stereocenters. The summed E-state index contributed by atoms with van der Waals surface area (Å²) in [6, 6.07) is 16.5. The lowest BCUT2D eigenvalue weighted by molar-refractivity contribution is -0.113. The number of aryl methyl sites for hydroxylation is 1. The Labute approximate surface area is 175 Å². The lowest BCUT2D eigenvalue weighted by atomic mass is 10.2. The van der Waals surface area contributed by atoms with Crippen molar-refractivity contribution in [2.24, 2.45) is 0 Å². The summed E-state index contributed by atoms with van der Waals surface area (Å²) < 4.78 is 6.83. The van der Waals surface area contributed by atoms with Gasteiger partial charge in [-0.25, -0.2) is 4.98 Å². The third-order valence-corrected chi connectivity index (χ3v) is 6.16. The summed E-state index contributed by atoms with van der Waals surface area (Å²) in [7, 11) is 0. The molecule has 2 aromatic heterocycles. The zero-order valence-electron chi connectivity index (χ0n) is 15.5. The first-order chi connectivity index (χ1) is 14.1. The quantitative estimate of drug-likeness (QED) is 0.418. The van der Waals surface area contributed by atoms with Crippen LogP contribution in [0.3, 0.4) is 0 Å². The molecule has 0 aliphatic heterocycles. The predicted octanol–water partition coefficient (Wildman–Crippen LogP) is 5.18. The van der Waals surface area contributed by atoms with Gasteiger partial charge in [0.1, 0.15) is 0 Å². The summed E-state index contributed by atoms with van der Waals surface area (Å²) >= 11 is 2.87. The van der Waals surface area contributed by atoms with Crippen molar-refractivity contribution in [1.29, 1.82) is 0 Å². The van der Waals surface area contributed by atoms with Gasteiger partial charge in [0.25, 0.3) is 5.91 Å². The van der Waals surface area contributed by atoms with Crippen LogP contribution in [-0.4, -0.2) is 22.6 Å². The highest BCUT2D eigenvalue weighted by molar-refractivity contribution is 8.01. The fraction of sp³-hybridized carbons (Fsp3) is 0.0952. The predicted molar refractivity (Wildman–Crippen MR) is 117 cm³/mol. The summed E-state index contributed by atoms with van der Waals surface area (Å²) in [4.78, 5) is 28.8. The third-order valence-electron chi connectivity index (χ3n) is 4.00. The van der Waals surface area contributed by atoms with E-state index >= 15 is 0 Å². The Hall–Kier alpha value is -3.10. The Kier molecular flexibility index (Phi) is 5.64. The summed E-state index contributed by atoms with van der Waals surface area (Å²) in [6.07, 6.45) is 1.46. The van der Waals surface area contributed by atoms with Crippen molar-refractivity contribution < 1.29 is 14.0 Å². The number of hydrogen-bond acceptors (Lipinski definition) is 6. The maximum Gasteiger partial charge on any atom is 0.291 e. The second-order valence-electron chi connectivity index (χ2n) is 6.30. The molecule has 29 heavy (non-hydrogen) atoms. The number of hydrogen-bond donors (Lipinski definition) is 2. The molecule has 0 fully saturated rings. The molecule has 0 aliphatic carbocycles. The van der Waals surface area contributed by atoms with Gasteiger partial charge in [-0.15, -0.1) is 11.3 Å². The summed E-state index contributed by atoms with van der Waals surface area (Å²) in [5.41, 5.74) is 3.37. The molecular weight excluding hydrogens is 406 g/mol. The van der Waals surface area contributed by atoms with Crippen molar-refractivity contribution in [2.75, 3.05) is 16.4 Å². The molecule has 6 nitrogen and oxygen atoms in total. The second kappa shape index (κ2) is 8.50. The van der Waals surface area contributed by atoms with Crippen molar-refractivity contribution in [3.8, 4) is 0 Å². The first kappa shape index (κ1) is 19.2. The number of furan rings is 1. The Balaban J connectivity index is 1.38. The zero-order valence-corrected chi connectivity index (χ0v) is 17.1. The van der Waals surface area contributed by atoms with Crippen LogP contribution in [0.15, 0.2) is 69.6 Å². The zero-order chi connectivity index (χ0) is 20.2. The van der Waals surface area contributed by atoms with Crippen molar-refractivity contribution in [3.63, 3.8) is 0 Å². The number of carbonyl (C=O) groups excluding carboxylic acids is 2. The summed E-state index contributed by atoms with van der Waals surface area (Å²) in [5, 5.41) is 5.69. The van der Waals surface area contributed by atoms with Crippen LogP contribution in [0.1, 0.15) is 16.1 Å². The first-order valence-electron chi connectivity index (χ1n) is 8.81. The van der Waals surface area contributed by atoms with E-state index in [1.807, 2.05) is 43.3 Å². The van der Waals surface area contributed by atoms with E-state index in [9.17, 15) is 9.59 Å². The lowest BCUT2D eigenvalue weighted by Gasteiger charge is -2.04. The number of thiazole rings is 1. The van der Waals surface area contributed by atoms with E-state index in [4.69, 9.17) is 4.42 Å². The van der Waals surface area contributed by atoms with Gasteiger partial charge in [-0.3, -0.25) is 9.59 Å². The van der Waals surface area contributed by atoms with E-state index in [1.54, 1.807) is 18.2 Å². The van der Waals surface area contributed by atoms with Crippen LogP contribution in [-0.2, 0) is 4.79 Å². The lowest BCUT2D eigenvalue weighted by Crippen LogP contribution is -2.13. The Morgan fingerprint density at radius 1 is 1.07 bits per heavy atom. The standard InChI is InChI=1S/C21H17N3O3S2/c1-13-4-2-5-14(10-13)22-19(25)12-28-21-24-16-8-7-15(11-18(16)29-21)23-20(26)17-6-3-9-27-17/h2-11H,12H2,1H3,(H,22,25)(H,23,26). The molecule has 4 aromatic rings. The number of fused-ring (bicyclic) bond motifs is 1. The molecule has 0 atom stereocenters. The Bertz CT molecular complexity index is 1170. The molecule has 0 spiro atoms. The third kappa shape index (κ3) is 4.85. The molecule has 0 bridgehead atoms. The van der Waals surface area contributed by atoms with Gasteiger partial charge < -0.3 is 15.1 Å². The number of rotatable bonds is 6. The van der Waals surface area contributed by atoms with Crippen LogP contribution in [0, 0.1) is 6.92 Å². The summed E-state index contributed by atoms with van der Waals surface area (Å²) in [5.74, 6) is 0.147. The number of anilines is 2. The van der Waals surface area contributed by atoms with Gasteiger partial charge in [0.2, 0.25) is 5.91 Å². The minimum atomic E-state index is -0.304. The first-order valence-corrected chi connectivity index (χ1v) is 10.6. The van der Waals surface area contributed by atoms with Gasteiger partial charge in [0.15, 0.2) is 10.1 Å². The van der Waals surface area contributed by atoms with E-state index in [2.05, 4.69) is 15.6 Å². The maximum absolute atomic E-state index is 12.2. The fourth-order valence-corrected chi connectivity index (χ4v) is 4.60. The fourth-order valence-electron chi connectivity index (χ4n) is 2.69. The number of nitrogens with zero attached hydrogens (tertiary/aromatic N) is 1. The molecule has 0 aliphatic rings. The molecule has 2 aromatic carbocycles. The molecule has 2 heterocycles. The molecule has 0 saturated carbocycles. The molecule has 0 saturated heterocycles. The van der Waals surface area contributed by atoms with Gasteiger partial charge in [0.05, 0.1) is 22.2 Å². The highest BCUT2D eigenvalue weighted by Gasteiger charge is 2.12. The average Bonchev–Trinajstić information content (AvgIpc) is 3.36. The molecule has 2 N–H and O–H groups in total. The maximum atomic E-state index is 12.2. The Morgan fingerprint density at radius 3 is 2.72 bits per heavy atom. The van der Waals surface area contributed by atoms with E-state index in [-0.39, 0.29) is 23.3 Å². The van der Waals surface area contributed by atoms with Crippen LogP contribution >= 0.6 is 23.1 Å². The van der Waals surface area contributed by atoms with Gasteiger partial charge in [-0.1, -0.05) is 23.9 Å². The van der Waals surface area contributed by atoms with Gasteiger partial charge >= 0.3 is 0 Å². The van der Waals surface area contributed by atoms with Crippen LogP contribution in [0.25, 0.3) is 10.2 Å². The highest BCUT2D eigenvalue weighted by atomic mass is 32.2. The summed E-state index contributed by atoms with van der Waals surface area (Å²) in [6.45, 7) is 1.98. The van der Waals surface area contributed by atoms with Gasteiger partial charge in [0, 0.05) is 11.4 Å². The molecule has 8 heteroatoms. The minimum absolute atomic E-state index is 0.0775. The van der Waals surface area contributed by atoms with E-state index in [1.165, 1.54) is 29.4 Å². The Morgan fingerprint density at radius 2 is 1.93 bits per heavy atom. The largest absolute Gasteiger partial charge is 0.459 e. The normalized spacial score (nSPS) is 10.8. The van der Waals surface area contributed by atoms with E-state index < -0.39 is 0 Å². The van der Waals surface area contributed by atoms with Crippen molar-refractivity contribution >= 4 is 56.5 Å². The van der Waals surface area contributed by atoms with Crippen molar-refractivity contribution in [3.05, 3.63) is 72.2 Å². The second-order valence-corrected chi connectivity index (χ2v) is 8.55. The van der Waals surface area contributed by atoms with Crippen LogP contribution in [0.2, 0.25) is 0 Å². The van der Waals surface area contributed by atoms with Gasteiger partial charge in [-0.05, 0) is 55.0 Å². The smallest absolute Gasteiger partial charge is 0.291 e. The molecule has 146 valence electrons. The molecule has 4 rings (SSSR count). The van der Waals surface area contributed by atoms with Crippen molar-refractivity contribution in [1.82, 2.24) is 4.98 Å². The number of carbonyl (C=O) groups is 2. The van der Waals surface area contributed by atoms with E-state index in [0.29, 0.717) is 5.69 Å². The monoisotopic (exact) mass is 423 g/mol. The van der Waals surface area contributed by atoms with Crippen LogP contribution in [0.4, 0.5) is 11.4 Å². The van der Waals surface area contributed by atoms with E-state index in [0.717, 1.165) is 25.8 Å². The molecule has 0 radical (unpaired) electrons. The van der Waals surface area contributed by atoms with Crippen molar-refractivity contribution in [2.45, 2.75) is 11.3 Å². The van der Waals surface area contributed by atoms with Gasteiger partial charge in [-0.2, -0.15) is 0 Å². The van der Waals surface area contributed by atoms with Crippen LogP contribution in [0.5, 0.6) is 0 Å². The molecule has 2 amide bonds. The number of thioether (sulfide) groups is 1. The number of amides is 2. The number of benzene rings is 2. The average molecular weight is 424 g/mol. The van der Waals surface area contributed by atoms with Crippen LogP contribution < -0.4 is 10.6 Å². The topological polar surface area (TPSA) is 84.2 Å². The number of aromatic nitrogens is 1. The number of nitrogens with one attached hydrogen (secondary N) is 2. The highest BCUT2D eigenvalue weighted by Crippen LogP contribution is 2.31. The SMILES string of the molecule is Cc1cccc(NC(=O)CSc2nc3ccc(NC(=O)c4ccco4)cc3s2)c1. The molecular formula is C21H17N3O3S2.